The van der Waals surface area contributed by atoms with E-state index in [-0.39, 0.29) is 5.41 Å². The Morgan fingerprint density at radius 2 is 1.00 bits per heavy atom. The van der Waals surface area contributed by atoms with Crippen molar-refractivity contribution in [1.29, 1.82) is 0 Å². The molecule has 0 fully saturated rings. The average Bonchev–Trinajstić information content (AvgIpc) is 3.90. The van der Waals surface area contributed by atoms with Gasteiger partial charge in [0.05, 0.1) is 16.7 Å². The molecule has 0 amide bonds. The van der Waals surface area contributed by atoms with Crippen molar-refractivity contribution < 1.29 is 0 Å². The molecular weight excluding hydrogens is 869 g/mol. The van der Waals surface area contributed by atoms with Crippen LogP contribution in [0.3, 0.4) is 0 Å². The number of fused-ring (bicyclic) bond motifs is 6. The number of nitrogens with one attached hydrogen (secondary N) is 1. The highest BCUT2D eigenvalue weighted by Gasteiger charge is 2.35. The maximum Gasteiger partial charge on any atom is 0.0620 e. The van der Waals surface area contributed by atoms with Crippen molar-refractivity contribution in [2.24, 2.45) is 0 Å². The topological polar surface area (TPSA) is 17.0 Å². The lowest BCUT2D eigenvalue weighted by Crippen LogP contribution is -2.15. The largest absolute Gasteiger partial charge is 0.354 e. The Labute approximate surface area is 423 Å². The summed E-state index contributed by atoms with van der Waals surface area (Å²) < 4.78 is 2.48. The smallest absolute Gasteiger partial charge is 0.0620 e. The summed E-state index contributed by atoms with van der Waals surface area (Å²) in [6, 6.07) is 85.9. The number of nitrogens with zero attached hydrogens (tertiary/aromatic N) is 1. The first-order valence-electron chi connectivity index (χ1n) is 25.0. The van der Waals surface area contributed by atoms with Gasteiger partial charge in [0.25, 0.3) is 0 Å². The fourth-order valence-electron chi connectivity index (χ4n) is 11.3. The summed E-state index contributed by atoms with van der Waals surface area (Å²) in [5.41, 5.74) is 24.2. The third-order valence-corrected chi connectivity index (χ3v) is 14.8. The second kappa shape index (κ2) is 18.4. The van der Waals surface area contributed by atoms with Crippen LogP contribution in [-0.2, 0) is 5.41 Å². The van der Waals surface area contributed by atoms with Crippen molar-refractivity contribution in [2.45, 2.75) is 26.2 Å². The van der Waals surface area contributed by atoms with E-state index < -0.39 is 0 Å². The minimum absolute atomic E-state index is 0.148. The van der Waals surface area contributed by atoms with Crippen LogP contribution in [0.25, 0.3) is 94.3 Å². The molecule has 0 saturated carbocycles. The van der Waals surface area contributed by atoms with Crippen LogP contribution in [-0.4, -0.2) is 4.57 Å². The quantitative estimate of drug-likeness (QED) is 0.128. The maximum atomic E-state index is 4.58. The molecule has 1 aromatic heterocycles. The molecule has 72 heavy (non-hydrogen) atoms. The van der Waals surface area contributed by atoms with Gasteiger partial charge in [-0.25, -0.2) is 0 Å². The molecule has 0 saturated heterocycles. The summed E-state index contributed by atoms with van der Waals surface area (Å²) in [5, 5.41) is 6.48. The number of para-hydroxylation sites is 2. The van der Waals surface area contributed by atoms with Gasteiger partial charge in [-0.05, 0) is 116 Å². The summed E-state index contributed by atoms with van der Waals surface area (Å²) in [5.74, 6) is 0. The standard InChI is InChI=1S/C70H54N2/c1-5-47(58-36-24-37-61-63-45-53(49-25-12-7-13-26-49)44-62(52-31-18-10-19-32-52)69(63)72(68(58)61)55-33-20-11-21-34-55)43-48(6-2)66-56(50-27-14-8-15-28-50)41-42-57(51-29-16-9-17-30-51)67(66)71-54-39-40-60-59-35-22-23-38-64(59)70(3,4)65(60)46-54/h5-46,71H,1H2,2-4H3/b47-43+,48-6+. The van der Waals surface area contributed by atoms with Gasteiger partial charge < -0.3 is 9.88 Å². The Morgan fingerprint density at radius 1 is 0.444 bits per heavy atom. The molecule has 0 spiro atoms. The third kappa shape index (κ3) is 7.60. The van der Waals surface area contributed by atoms with Crippen molar-refractivity contribution in [3.8, 4) is 61.3 Å². The van der Waals surface area contributed by atoms with E-state index >= 15 is 0 Å². The number of hydrogen-bond acceptors (Lipinski definition) is 1. The molecule has 2 nitrogen and oxygen atoms in total. The van der Waals surface area contributed by atoms with Crippen LogP contribution in [0.4, 0.5) is 11.4 Å². The molecule has 0 unspecified atom stereocenters. The molecular formula is C70H54N2. The Hall–Kier alpha value is -8.98. The molecule has 2 heteroatoms. The number of anilines is 2. The highest BCUT2D eigenvalue weighted by atomic mass is 15.0. The summed E-state index contributed by atoms with van der Waals surface area (Å²) in [7, 11) is 0. The number of aromatic nitrogens is 1. The van der Waals surface area contributed by atoms with E-state index in [0.717, 1.165) is 67.1 Å². The van der Waals surface area contributed by atoms with Gasteiger partial charge in [-0.1, -0.05) is 233 Å². The SMILES string of the molecule is C=C/C(=C\C(=C/C)c1c(-c2ccccc2)ccc(-c2ccccc2)c1Nc1ccc2c(c1)C(C)(C)c1ccccc1-2)c1cccc2c3cc(-c4ccccc4)cc(-c4ccccc4)c3n(-c3ccccc3)c12. The van der Waals surface area contributed by atoms with E-state index in [4.69, 9.17) is 0 Å². The zero-order valence-corrected chi connectivity index (χ0v) is 40.9. The maximum absolute atomic E-state index is 4.58. The van der Waals surface area contributed by atoms with Crippen LogP contribution in [0.15, 0.2) is 261 Å². The van der Waals surface area contributed by atoms with Crippen LogP contribution in [0, 0.1) is 0 Å². The Bertz CT molecular complexity index is 3890. The normalized spacial score (nSPS) is 13.0. The Morgan fingerprint density at radius 3 is 1.65 bits per heavy atom. The average molecular weight is 923 g/mol. The van der Waals surface area contributed by atoms with E-state index in [0.29, 0.717) is 0 Å². The summed E-state index contributed by atoms with van der Waals surface area (Å²) in [6.07, 6.45) is 6.65. The molecule has 1 heterocycles. The molecule has 1 N–H and O–H groups in total. The molecule has 11 aromatic rings. The predicted octanol–water partition coefficient (Wildman–Crippen LogP) is 19.2. The minimum Gasteiger partial charge on any atom is -0.354 e. The molecule has 1 aliphatic rings. The van der Waals surface area contributed by atoms with Gasteiger partial charge in [-0.2, -0.15) is 0 Å². The summed E-state index contributed by atoms with van der Waals surface area (Å²) in [6.45, 7) is 11.4. The molecule has 10 aromatic carbocycles. The van der Waals surface area contributed by atoms with E-state index in [1.807, 2.05) is 6.08 Å². The minimum atomic E-state index is -0.148. The Balaban J connectivity index is 1.11. The zero-order chi connectivity index (χ0) is 48.8. The second-order valence-corrected chi connectivity index (χ2v) is 19.3. The number of allylic oxidation sites excluding steroid dienone is 5. The van der Waals surface area contributed by atoms with Crippen LogP contribution in [0.5, 0.6) is 0 Å². The molecule has 0 atom stereocenters. The number of hydrogen-bond donors (Lipinski definition) is 1. The van der Waals surface area contributed by atoms with Gasteiger partial charge in [0.1, 0.15) is 0 Å². The fraction of sp³-hybridized carbons (Fsp3) is 0.0571. The first-order valence-corrected chi connectivity index (χ1v) is 25.0. The second-order valence-electron chi connectivity index (χ2n) is 19.3. The van der Waals surface area contributed by atoms with Crippen molar-refractivity contribution in [3.05, 3.63) is 284 Å². The van der Waals surface area contributed by atoms with Crippen molar-refractivity contribution >= 4 is 44.3 Å². The first kappa shape index (κ1) is 44.2. The van der Waals surface area contributed by atoms with Gasteiger partial charge in [0, 0.05) is 49.8 Å². The Kier molecular flexibility index (Phi) is 11.3. The molecule has 1 aliphatic carbocycles. The lowest BCUT2D eigenvalue weighted by Gasteiger charge is -2.24. The van der Waals surface area contributed by atoms with E-state index in [1.165, 1.54) is 60.8 Å². The van der Waals surface area contributed by atoms with E-state index in [1.54, 1.807) is 0 Å². The van der Waals surface area contributed by atoms with Crippen molar-refractivity contribution in [2.75, 3.05) is 5.32 Å². The number of benzene rings is 10. The van der Waals surface area contributed by atoms with Crippen LogP contribution >= 0.6 is 0 Å². The molecule has 0 radical (unpaired) electrons. The van der Waals surface area contributed by atoms with Crippen LogP contribution in [0.1, 0.15) is 43.0 Å². The summed E-state index contributed by atoms with van der Waals surface area (Å²) >= 11 is 0. The first-order chi connectivity index (χ1) is 35.4. The van der Waals surface area contributed by atoms with Gasteiger partial charge in [-0.3, -0.25) is 0 Å². The highest BCUT2D eigenvalue weighted by Crippen LogP contribution is 2.51. The van der Waals surface area contributed by atoms with Gasteiger partial charge >= 0.3 is 0 Å². The van der Waals surface area contributed by atoms with Crippen molar-refractivity contribution in [1.82, 2.24) is 4.57 Å². The third-order valence-electron chi connectivity index (χ3n) is 14.8. The summed E-state index contributed by atoms with van der Waals surface area (Å²) in [4.78, 5) is 0. The number of rotatable bonds is 11. The van der Waals surface area contributed by atoms with E-state index in [9.17, 15) is 0 Å². The molecule has 344 valence electrons. The lowest BCUT2D eigenvalue weighted by atomic mass is 9.82. The van der Waals surface area contributed by atoms with Crippen LogP contribution < -0.4 is 5.32 Å². The highest BCUT2D eigenvalue weighted by molar-refractivity contribution is 6.18. The molecule has 0 bridgehead atoms. The van der Waals surface area contributed by atoms with Crippen LogP contribution in [0.2, 0.25) is 0 Å². The molecule has 12 rings (SSSR count). The monoisotopic (exact) mass is 922 g/mol. The van der Waals surface area contributed by atoms with Gasteiger partial charge in [-0.15, -0.1) is 0 Å². The fourth-order valence-corrected chi connectivity index (χ4v) is 11.3. The van der Waals surface area contributed by atoms with E-state index in [2.05, 4.69) is 286 Å². The van der Waals surface area contributed by atoms with Gasteiger partial charge in [0.15, 0.2) is 0 Å². The van der Waals surface area contributed by atoms with Crippen molar-refractivity contribution in [3.63, 3.8) is 0 Å². The molecule has 0 aliphatic heterocycles. The predicted molar refractivity (Wildman–Crippen MR) is 308 cm³/mol. The van der Waals surface area contributed by atoms with Gasteiger partial charge in [0.2, 0.25) is 0 Å². The zero-order valence-electron chi connectivity index (χ0n) is 40.9. The lowest BCUT2D eigenvalue weighted by molar-refractivity contribution is 0.660.